The van der Waals surface area contributed by atoms with Gasteiger partial charge in [0.15, 0.2) is 0 Å². The van der Waals surface area contributed by atoms with E-state index in [2.05, 4.69) is 18.2 Å². The molecule has 17 heavy (non-hydrogen) atoms. The Morgan fingerprint density at radius 2 is 2.12 bits per heavy atom. The summed E-state index contributed by atoms with van der Waals surface area (Å²) in [5, 5.41) is 4.23. The number of hydrogen-bond donors (Lipinski definition) is 0. The van der Waals surface area contributed by atoms with Gasteiger partial charge < -0.3 is 0 Å². The van der Waals surface area contributed by atoms with Gasteiger partial charge in [-0.05, 0) is 19.1 Å². The van der Waals surface area contributed by atoms with E-state index in [1.807, 2.05) is 35.1 Å². The van der Waals surface area contributed by atoms with E-state index in [0.29, 0.717) is 5.56 Å². The molecule has 88 valence electrons. The Labute approximate surface area is 105 Å². The lowest BCUT2D eigenvalue weighted by Crippen LogP contribution is -1.92. The Bertz CT molecular complexity index is 490. The van der Waals surface area contributed by atoms with E-state index in [9.17, 15) is 4.79 Å². The van der Waals surface area contributed by atoms with Crippen molar-refractivity contribution < 1.29 is 4.79 Å². The van der Waals surface area contributed by atoms with Crippen LogP contribution in [-0.2, 0) is 12.3 Å². The van der Waals surface area contributed by atoms with Gasteiger partial charge in [0, 0.05) is 34.5 Å². The summed E-state index contributed by atoms with van der Waals surface area (Å²) in [5.41, 5.74) is 1.93. The molecule has 1 heterocycles. The van der Waals surface area contributed by atoms with Crippen LogP contribution in [0.4, 0.5) is 0 Å². The van der Waals surface area contributed by atoms with Crippen LogP contribution >= 0.6 is 11.8 Å². The van der Waals surface area contributed by atoms with Gasteiger partial charge in [-0.15, -0.1) is 11.8 Å². The Morgan fingerprint density at radius 1 is 1.35 bits per heavy atom. The molecule has 0 saturated heterocycles. The third-order valence-corrected chi connectivity index (χ3v) is 3.52. The Balaban J connectivity index is 1.94. The summed E-state index contributed by atoms with van der Waals surface area (Å²) in [6, 6.07) is 7.62. The molecule has 0 radical (unpaired) electrons. The van der Waals surface area contributed by atoms with Crippen LogP contribution in [0.2, 0.25) is 0 Å². The van der Waals surface area contributed by atoms with Gasteiger partial charge in [0.1, 0.15) is 6.29 Å². The summed E-state index contributed by atoms with van der Waals surface area (Å²) in [7, 11) is 0. The van der Waals surface area contributed by atoms with Crippen molar-refractivity contribution in [2.24, 2.45) is 0 Å². The van der Waals surface area contributed by atoms with Crippen molar-refractivity contribution in [1.82, 2.24) is 9.78 Å². The van der Waals surface area contributed by atoms with Gasteiger partial charge in [-0.3, -0.25) is 9.48 Å². The fourth-order valence-electron chi connectivity index (χ4n) is 1.46. The number of aryl methyl sites for hydroxylation is 1. The predicted molar refractivity (Wildman–Crippen MR) is 69.3 cm³/mol. The number of aromatic nitrogens is 2. The number of thioether (sulfide) groups is 1. The van der Waals surface area contributed by atoms with E-state index in [1.54, 1.807) is 11.8 Å². The Kier molecular flexibility index (Phi) is 3.98. The van der Waals surface area contributed by atoms with Crippen LogP contribution in [-0.4, -0.2) is 16.1 Å². The first-order valence-corrected chi connectivity index (χ1v) is 6.49. The van der Waals surface area contributed by atoms with Gasteiger partial charge in [0.25, 0.3) is 0 Å². The zero-order chi connectivity index (χ0) is 12.1. The summed E-state index contributed by atoms with van der Waals surface area (Å²) < 4.78 is 1.92. The van der Waals surface area contributed by atoms with Crippen molar-refractivity contribution in [1.29, 1.82) is 0 Å². The largest absolute Gasteiger partial charge is 0.298 e. The average molecular weight is 246 g/mol. The molecule has 0 fully saturated rings. The number of rotatable bonds is 5. The fourth-order valence-corrected chi connectivity index (χ4v) is 2.27. The molecule has 0 bridgehead atoms. The molecular formula is C13H14N2OS. The van der Waals surface area contributed by atoms with Crippen LogP contribution in [0.3, 0.4) is 0 Å². The van der Waals surface area contributed by atoms with Gasteiger partial charge in [-0.2, -0.15) is 5.10 Å². The molecule has 2 aromatic rings. The van der Waals surface area contributed by atoms with Gasteiger partial charge in [-0.1, -0.05) is 12.1 Å². The van der Waals surface area contributed by atoms with E-state index in [0.717, 1.165) is 18.6 Å². The number of hydrogen-bond acceptors (Lipinski definition) is 3. The normalized spacial score (nSPS) is 10.4. The van der Waals surface area contributed by atoms with Crippen molar-refractivity contribution in [2.75, 3.05) is 0 Å². The molecule has 0 saturated carbocycles. The summed E-state index contributed by atoms with van der Waals surface area (Å²) in [6.45, 7) is 2.97. The quantitative estimate of drug-likeness (QED) is 0.601. The highest BCUT2D eigenvalue weighted by molar-refractivity contribution is 7.98. The number of aldehydes is 1. The Morgan fingerprint density at radius 3 is 2.71 bits per heavy atom. The van der Waals surface area contributed by atoms with Gasteiger partial charge in [-0.25, -0.2) is 0 Å². The van der Waals surface area contributed by atoms with Crippen molar-refractivity contribution in [3.63, 3.8) is 0 Å². The first-order valence-electron chi connectivity index (χ1n) is 5.51. The van der Waals surface area contributed by atoms with Gasteiger partial charge in [0.2, 0.25) is 0 Å². The molecule has 4 heteroatoms. The maximum atomic E-state index is 10.5. The van der Waals surface area contributed by atoms with Crippen LogP contribution in [0, 0.1) is 0 Å². The minimum atomic E-state index is 0.716. The first kappa shape index (κ1) is 11.9. The minimum absolute atomic E-state index is 0.716. The molecule has 1 aromatic heterocycles. The molecule has 1 aromatic carbocycles. The first-order chi connectivity index (χ1) is 8.31. The minimum Gasteiger partial charge on any atom is -0.298 e. The zero-order valence-electron chi connectivity index (χ0n) is 9.67. The van der Waals surface area contributed by atoms with Crippen molar-refractivity contribution in [3.8, 4) is 0 Å². The van der Waals surface area contributed by atoms with Crippen LogP contribution in [0.5, 0.6) is 0 Å². The van der Waals surface area contributed by atoms with Crippen LogP contribution < -0.4 is 0 Å². The average Bonchev–Trinajstić information content (AvgIpc) is 2.85. The van der Waals surface area contributed by atoms with E-state index in [1.165, 1.54) is 10.5 Å². The monoisotopic (exact) mass is 246 g/mol. The van der Waals surface area contributed by atoms with Crippen LogP contribution in [0.1, 0.15) is 22.8 Å². The fraction of sp³-hybridized carbons (Fsp3) is 0.231. The third-order valence-electron chi connectivity index (χ3n) is 2.43. The van der Waals surface area contributed by atoms with E-state index >= 15 is 0 Å². The SMILES string of the molecule is CCn1cc(CSc2ccc(C=O)cc2)cn1. The molecule has 3 nitrogen and oxygen atoms in total. The van der Waals surface area contributed by atoms with Crippen LogP contribution in [0.15, 0.2) is 41.6 Å². The lowest BCUT2D eigenvalue weighted by atomic mass is 10.2. The molecule has 0 unspecified atom stereocenters. The van der Waals surface area contributed by atoms with Gasteiger partial charge >= 0.3 is 0 Å². The third kappa shape index (κ3) is 3.20. The summed E-state index contributed by atoms with van der Waals surface area (Å²) in [4.78, 5) is 11.7. The highest BCUT2D eigenvalue weighted by Crippen LogP contribution is 2.22. The van der Waals surface area contributed by atoms with Gasteiger partial charge in [0.05, 0.1) is 6.20 Å². The summed E-state index contributed by atoms with van der Waals surface area (Å²) in [5.74, 6) is 0.903. The number of carbonyl (C=O) groups is 1. The van der Waals surface area contributed by atoms with Crippen molar-refractivity contribution in [2.45, 2.75) is 24.1 Å². The second-order valence-electron chi connectivity index (χ2n) is 3.68. The van der Waals surface area contributed by atoms with Crippen LogP contribution in [0.25, 0.3) is 0 Å². The summed E-state index contributed by atoms with van der Waals surface area (Å²) >= 11 is 1.75. The molecule has 0 N–H and O–H groups in total. The predicted octanol–water partition coefficient (Wildman–Crippen LogP) is 3.01. The van der Waals surface area contributed by atoms with Crippen molar-refractivity contribution >= 4 is 18.0 Å². The topological polar surface area (TPSA) is 34.9 Å². The maximum absolute atomic E-state index is 10.5. The van der Waals surface area contributed by atoms with E-state index in [4.69, 9.17) is 0 Å². The molecule has 2 rings (SSSR count). The van der Waals surface area contributed by atoms with Crippen molar-refractivity contribution in [3.05, 3.63) is 47.8 Å². The van der Waals surface area contributed by atoms with E-state index < -0.39 is 0 Å². The lowest BCUT2D eigenvalue weighted by molar-refractivity contribution is 0.112. The molecule has 0 aliphatic rings. The molecule has 0 spiro atoms. The summed E-state index contributed by atoms with van der Waals surface area (Å²) in [6.07, 6.45) is 4.82. The highest BCUT2D eigenvalue weighted by Gasteiger charge is 1.99. The Hall–Kier alpha value is -1.55. The maximum Gasteiger partial charge on any atom is 0.150 e. The molecular weight excluding hydrogens is 232 g/mol. The second kappa shape index (κ2) is 5.68. The molecule has 0 aliphatic carbocycles. The number of benzene rings is 1. The molecule has 0 amide bonds. The number of carbonyl (C=O) groups excluding carboxylic acids is 1. The zero-order valence-corrected chi connectivity index (χ0v) is 10.5. The van der Waals surface area contributed by atoms with E-state index in [-0.39, 0.29) is 0 Å². The molecule has 0 aliphatic heterocycles. The highest BCUT2D eigenvalue weighted by atomic mass is 32.2. The lowest BCUT2D eigenvalue weighted by Gasteiger charge is -1.99. The smallest absolute Gasteiger partial charge is 0.150 e. The molecule has 0 atom stereocenters. The number of nitrogens with zero attached hydrogens (tertiary/aromatic N) is 2. The second-order valence-corrected chi connectivity index (χ2v) is 4.73. The standard InChI is InChI=1S/C13H14N2OS/c1-2-15-8-12(7-14-15)10-17-13-5-3-11(9-16)4-6-13/h3-9H,2,10H2,1H3.